The van der Waals surface area contributed by atoms with E-state index in [0.29, 0.717) is 6.42 Å². The van der Waals surface area contributed by atoms with E-state index < -0.39 is 0 Å². The number of carbonyl (C=O) groups is 1. The first-order valence-electron chi connectivity index (χ1n) is 4.84. The number of nitrogens with zero attached hydrogens (tertiary/aromatic N) is 2. The molecule has 1 aromatic rings. The summed E-state index contributed by atoms with van der Waals surface area (Å²) in [7, 11) is 0. The predicted octanol–water partition coefficient (Wildman–Crippen LogP) is 2.82. The van der Waals surface area contributed by atoms with Crippen molar-refractivity contribution in [3.05, 3.63) is 32.6 Å². The van der Waals surface area contributed by atoms with E-state index >= 15 is 0 Å². The van der Waals surface area contributed by atoms with Crippen LogP contribution in [0, 0.1) is 0 Å². The molecule has 0 bridgehead atoms. The first kappa shape index (κ1) is 9.93. The zero-order valence-electron chi connectivity index (χ0n) is 8.18. The van der Waals surface area contributed by atoms with Crippen LogP contribution in [-0.4, -0.2) is 18.2 Å². The molecule has 80 valence electrons. The van der Waals surface area contributed by atoms with Gasteiger partial charge in [-0.25, -0.2) is 0 Å². The zero-order chi connectivity index (χ0) is 11.1. The molecule has 0 amide bonds. The van der Waals surface area contributed by atoms with Gasteiger partial charge in [0.2, 0.25) is 5.78 Å². The van der Waals surface area contributed by atoms with Crippen molar-refractivity contribution in [1.82, 2.24) is 0 Å². The van der Waals surface area contributed by atoms with E-state index in [1.807, 2.05) is 12.1 Å². The third-order valence-corrected chi connectivity index (χ3v) is 3.88. The van der Waals surface area contributed by atoms with Crippen molar-refractivity contribution < 1.29 is 4.79 Å². The van der Waals surface area contributed by atoms with E-state index in [4.69, 9.17) is 11.6 Å². The molecule has 0 fully saturated rings. The first-order valence-corrected chi connectivity index (χ1v) is 6.03. The molecule has 0 radical (unpaired) electrons. The minimum Gasteiger partial charge on any atom is -0.288 e. The minimum atomic E-state index is -0.149. The van der Waals surface area contributed by atoms with Gasteiger partial charge in [-0.05, 0) is 12.1 Å². The highest BCUT2D eigenvalue weighted by molar-refractivity contribution is 7.16. The predicted molar refractivity (Wildman–Crippen MR) is 65.7 cm³/mol. The number of ketones is 1. The summed E-state index contributed by atoms with van der Waals surface area (Å²) in [5.74, 6) is -0.0218. The molecule has 2 aliphatic heterocycles. The number of hydrogen-bond acceptors (Lipinski definition) is 4. The fraction of sp³-hybridized carbons (Fsp3) is 0.182. The summed E-state index contributed by atoms with van der Waals surface area (Å²) in [6.45, 7) is 0. The van der Waals surface area contributed by atoms with Crippen molar-refractivity contribution in [3.63, 3.8) is 0 Å². The number of aliphatic imine (C=N–C) groups is 2. The summed E-state index contributed by atoms with van der Waals surface area (Å²) in [5.41, 5.74) is 1.55. The zero-order valence-corrected chi connectivity index (χ0v) is 9.76. The maximum absolute atomic E-state index is 11.5. The maximum atomic E-state index is 11.5. The van der Waals surface area contributed by atoms with Crippen LogP contribution in [0.5, 0.6) is 0 Å². The molecular weight excluding hydrogens is 244 g/mol. The highest BCUT2D eigenvalue weighted by Gasteiger charge is 2.29. The van der Waals surface area contributed by atoms with Crippen molar-refractivity contribution in [1.29, 1.82) is 0 Å². The largest absolute Gasteiger partial charge is 0.288 e. The molecule has 1 unspecified atom stereocenters. The Labute approximate surface area is 101 Å². The summed E-state index contributed by atoms with van der Waals surface area (Å²) in [6, 6.07) is 3.62. The summed E-state index contributed by atoms with van der Waals surface area (Å²) < 4.78 is 0.728. The summed E-state index contributed by atoms with van der Waals surface area (Å²) in [4.78, 5) is 21.1. The van der Waals surface area contributed by atoms with Gasteiger partial charge in [-0.1, -0.05) is 11.6 Å². The van der Waals surface area contributed by atoms with Crippen LogP contribution in [0.1, 0.15) is 17.3 Å². The molecule has 5 heteroatoms. The molecule has 0 saturated heterocycles. The lowest BCUT2D eigenvalue weighted by atomic mass is 10.0. The fourth-order valence-electron chi connectivity index (χ4n) is 1.85. The number of Topliss-reactive ketones (excluding diaryl/α,β-unsaturated/α-hetero) is 1. The van der Waals surface area contributed by atoms with Crippen molar-refractivity contribution in [2.75, 3.05) is 0 Å². The highest BCUT2D eigenvalue weighted by Crippen LogP contribution is 2.39. The van der Waals surface area contributed by atoms with E-state index in [9.17, 15) is 4.79 Å². The molecule has 3 heterocycles. The third-order valence-electron chi connectivity index (χ3n) is 2.60. The molecular formula is C11H7ClN2OS. The van der Waals surface area contributed by atoms with Crippen LogP contribution in [-0.2, 0) is 4.79 Å². The second-order valence-corrected chi connectivity index (χ2v) is 5.31. The molecule has 0 spiro atoms. The monoisotopic (exact) mass is 250 g/mol. The van der Waals surface area contributed by atoms with Gasteiger partial charge in [-0.2, -0.15) is 0 Å². The molecule has 0 aliphatic carbocycles. The van der Waals surface area contributed by atoms with Gasteiger partial charge in [0, 0.05) is 23.1 Å². The van der Waals surface area contributed by atoms with Gasteiger partial charge in [-0.15, -0.1) is 11.3 Å². The van der Waals surface area contributed by atoms with E-state index in [1.165, 1.54) is 17.6 Å². The molecule has 3 rings (SSSR count). The maximum Gasteiger partial charge on any atom is 0.201 e. The lowest BCUT2D eigenvalue weighted by Crippen LogP contribution is -2.13. The lowest BCUT2D eigenvalue weighted by Gasteiger charge is -2.15. The minimum absolute atomic E-state index is 0.0218. The van der Waals surface area contributed by atoms with E-state index in [0.717, 1.165) is 20.5 Å². The van der Waals surface area contributed by atoms with Gasteiger partial charge in [0.15, 0.2) is 0 Å². The molecule has 16 heavy (non-hydrogen) atoms. The van der Waals surface area contributed by atoms with Crippen LogP contribution < -0.4 is 0 Å². The van der Waals surface area contributed by atoms with Crippen molar-refractivity contribution >= 4 is 41.2 Å². The lowest BCUT2D eigenvalue weighted by molar-refractivity contribution is -0.109. The Morgan fingerprint density at radius 1 is 1.44 bits per heavy atom. The molecule has 1 aromatic heterocycles. The Hall–Kier alpha value is -1.26. The molecule has 0 saturated carbocycles. The third kappa shape index (κ3) is 1.45. The fourth-order valence-corrected chi connectivity index (χ4v) is 2.97. The van der Waals surface area contributed by atoms with E-state index in [2.05, 4.69) is 9.98 Å². The average Bonchev–Trinajstić information content (AvgIpc) is 2.87. The van der Waals surface area contributed by atoms with Crippen LogP contribution in [0.15, 0.2) is 33.4 Å². The van der Waals surface area contributed by atoms with Crippen molar-refractivity contribution in [2.24, 2.45) is 9.98 Å². The van der Waals surface area contributed by atoms with Gasteiger partial charge >= 0.3 is 0 Å². The highest BCUT2D eigenvalue weighted by atomic mass is 35.5. The quantitative estimate of drug-likeness (QED) is 0.756. The van der Waals surface area contributed by atoms with Gasteiger partial charge < -0.3 is 0 Å². The normalized spacial score (nSPS) is 23.1. The van der Waals surface area contributed by atoms with E-state index in [-0.39, 0.29) is 11.8 Å². The number of allylic oxidation sites excluding steroid dienone is 1. The van der Waals surface area contributed by atoms with Crippen LogP contribution in [0.3, 0.4) is 0 Å². The van der Waals surface area contributed by atoms with Gasteiger partial charge in [-0.3, -0.25) is 14.8 Å². The van der Waals surface area contributed by atoms with Crippen molar-refractivity contribution in [2.45, 2.75) is 12.5 Å². The topological polar surface area (TPSA) is 41.8 Å². The van der Waals surface area contributed by atoms with Crippen LogP contribution >= 0.6 is 22.9 Å². The van der Waals surface area contributed by atoms with Crippen LogP contribution in [0.4, 0.5) is 0 Å². The van der Waals surface area contributed by atoms with Crippen LogP contribution in [0.25, 0.3) is 0 Å². The Kier molecular flexibility index (Phi) is 2.26. The number of halogens is 1. The number of dihydropyridines is 1. The summed E-state index contributed by atoms with van der Waals surface area (Å²) in [6.07, 6.45) is 3.78. The summed E-state index contributed by atoms with van der Waals surface area (Å²) in [5, 5.41) is 0. The Morgan fingerprint density at radius 2 is 2.31 bits per heavy atom. The molecule has 3 nitrogen and oxygen atoms in total. The number of carbonyl (C=O) groups excluding carboxylic acids is 1. The van der Waals surface area contributed by atoms with Crippen molar-refractivity contribution in [3.8, 4) is 0 Å². The van der Waals surface area contributed by atoms with Gasteiger partial charge in [0.05, 0.1) is 16.2 Å². The Balaban J connectivity index is 2.06. The number of hydrogen-bond donors (Lipinski definition) is 0. The second-order valence-electron chi connectivity index (χ2n) is 3.57. The smallest absolute Gasteiger partial charge is 0.201 e. The molecule has 1 atom stereocenters. The number of rotatable bonds is 1. The van der Waals surface area contributed by atoms with E-state index in [1.54, 1.807) is 6.21 Å². The second kappa shape index (κ2) is 3.64. The molecule has 0 N–H and O–H groups in total. The van der Waals surface area contributed by atoms with Gasteiger partial charge in [0.25, 0.3) is 0 Å². The Bertz CT molecular complexity index is 556. The van der Waals surface area contributed by atoms with Crippen LogP contribution in [0.2, 0.25) is 4.34 Å². The average molecular weight is 251 g/mol. The van der Waals surface area contributed by atoms with Gasteiger partial charge in [0.1, 0.15) is 6.04 Å². The summed E-state index contributed by atoms with van der Waals surface area (Å²) >= 11 is 7.37. The SMILES string of the molecule is O=C1C=NC(c2ccc(Cl)s2)C2=C1CC=N2. The first-order chi connectivity index (χ1) is 7.75. The molecule has 2 aliphatic rings. The number of thiophene rings is 1. The Morgan fingerprint density at radius 3 is 3.06 bits per heavy atom. The standard InChI is InChI=1S/C11H7ClN2OS/c12-9-2-1-8(16-9)11-10-6(3-4-13-10)7(15)5-14-11/h1-2,4-5,11H,3H2. The molecule has 0 aromatic carbocycles.